The Morgan fingerprint density at radius 1 is 1.50 bits per heavy atom. The molecule has 0 bridgehead atoms. The van der Waals surface area contributed by atoms with Crippen molar-refractivity contribution in [1.82, 2.24) is 10.2 Å². The van der Waals surface area contributed by atoms with E-state index in [4.69, 9.17) is 10.2 Å². The van der Waals surface area contributed by atoms with Crippen LogP contribution in [0.15, 0.2) is 22.7 Å². The van der Waals surface area contributed by atoms with Crippen LogP contribution in [0.2, 0.25) is 0 Å². The Kier molecular flexibility index (Phi) is 2.13. The summed E-state index contributed by atoms with van der Waals surface area (Å²) in [6, 6.07) is 3.64. The summed E-state index contributed by atoms with van der Waals surface area (Å²) in [7, 11) is 0. The minimum Gasteiger partial charge on any atom is -0.466 e. The van der Waals surface area contributed by atoms with E-state index >= 15 is 0 Å². The number of rotatable bonds is 2. The van der Waals surface area contributed by atoms with Crippen molar-refractivity contribution in [3.8, 4) is 0 Å². The number of nitrogens with one attached hydrogen (secondary N) is 1. The van der Waals surface area contributed by atoms with Gasteiger partial charge in [0.15, 0.2) is 0 Å². The van der Waals surface area contributed by atoms with E-state index < -0.39 is 0 Å². The smallest absolute Gasteiger partial charge is 0.106 e. The van der Waals surface area contributed by atoms with Crippen molar-refractivity contribution >= 4 is 0 Å². The molecule has 14 heavy (non-hydrogen) atoms. The highest BCUT2D eigenvalue weighted by molar-refractivity contribution is 5.30. The second-order valence-corrected chi connectivity index (χ2v) is 3.36. The van der Waals surface area contributed by atoms with Crippen LogP contribution in [0.25, 0.3) is 0 Å². The van der Waals surface area contributed by atoms with Crippen LogP contribution in [0.5, 0.6) is 0 Å². The lowest BCUT2D eigenvalue weighted by molar-refractivity contribution is 0.499. The van der Waals surface area contributed by atoms with Gasteiger partial charge in [-0.25, -0.2) is 0 Å². The Balaban J connectivity index is 2.36. The van der Waals surface area contributed by atoms with Crippen LogP contribution < -0.4 is 5.73 Å². The third kappa shape index (κ3) is 1.44. The van der Waals surface area contributed by atoms with Crippen molar-refractivity contribution in [2.75, 3.05) is 0 Å². The van der Waals surface area contributed by atoms with Gasteiger partial charge in [-0.05, 0) is 26.0 Å². The Bertz CT molecular complexity index is 417. The van der Waals surface area contributed by atoms with Gasteiger partial charge in [0.1, 0.15) is 11.5 Å². The van der Waals surface area contributed by atoms with Crippen molar-refractivity contribution in [1.29, 1.82) is 0 Å². The summed E-state index contributed by atoms with van der Waals surface area (Å²) in [5, 5.41) is 6.72. The molecule has 0 radical (unpaired) electrons. The molecule has 1 atom stereocenters. The zero-order valence-electron chi connectivity index (χ0n) is 8.24. The topological polar surface area (TPSA) is 67.8 Å². The molecule has 0 saturated heterocycles. The maximum atomic E-state index is 6.04. The van der Waals surface area contributed by atoms with Gasteiger partial charge in [0, 0.05) is 11.8 Å². The number of aromatic nitrogens is 2. The van der Waals surface area contributed by atoms with Gasteiger partial charge in [-0.2, -0.15) is 5.10 Å². The van der Waals surface area contributed by atoms with E-state index in [1.807, 2.05) is 26.0 Å². The predicted octanol–water partition coefficient (Wildman–Crippen LogP) is 1.67. The minimum atomic E-state index is -0.185. The average molecular weight is 191 g/mol. The van der Waals surface area contributed by atoms with Crippen molar-refractivity contribution < 1.29 is 4.42 Å². The molecule has 0 aliphatic carbocycles. The van der Waals surface area contributed by atoms with Crippen molar-refractivity contribution in [3.05, 3.63) is 41.1 Å². The molecule has 3 N–H and O–H groups in total. The van der Waals surface area contributed by atoms with Gasteiger partial charge in [-0.1, -0.05) is 0 Å². The first kappa shape index (κ1) is 9.02. The van der Waals surface area contributed by atoms with Crippen LogP contribution in [0.1, 0.15) is 28.8 Å². The Labute approximate surface area is 82.1 Å². The van der Waals surface area contributed by atoms with Gasteiger partial charge in [0.05, 0.1) is 11.7 Å². The molecule has 1 unspecified atom stereocenters. The van der Waals surface area contributed by atoms with Gasteiger partial charge in [0.2, 0.25) is 0 Å². The molecule has 2 aromatic rings. The normalized spacial score (nSPS) is 13.1. The van der Waals surface area contributed by atoms with Crippen LogP contribution in [-0.2, 0) is 0 Å². The first-order valence-corrected chi connectivity index (χ1v) is 4.50. The number of aryl methyl sites for hydroxylation is 2. The van der Waals surface area contributed by atoms with E-state index in [1.165, 1.54) is 0 Å². The molecule has 2 heterocycles. The summed E-state index contributed by atoms with van der Waals surface area (Å²) < 4.78 is 5.42. The molecule has 74 valence electrons. The molecular weight excluding hydrogens is 178 g/mol. The fourth-order valence-corrected chi connectivity index (χ4v) is 1.57. The molecular formula is C10H13N3O. The number of nitrogens with zero attached hydrogens (tertiary/aromatic N) is 1. The summed E-state index contributed by atoms with van der Waals surface area (Å²) in [5.41, 5.74) is 7.95. The SMILES string of the molecule is Cc1cc(C(N)c2ccn[nH]2)c(C)o1. The zero-order valence-corrected chi connectivity index (χ0v) is 8.24. The second-order valence-electron chi connectivity index (χ2n) is 3.36. The molecule has 0 amide bonds. The van der Waals surface area contributed by atoms with Crippen LogP contribution in [-0.4, -0.2) is 10.2 Å². The van der Waals surface area contributed by atoms with E-state index in [0.717, 1.165) is 22.8 Å². The number of aromatic amines is 1. The van der Waals surface area contributed by atoms with Crippen molar-refractivity contribution in [2.24, 2.45) is 5.73 Å². The molecule has 4 heteroatoms. The molecule has 2 aromatic heterocycles. The molecule has 0 aromatic carbocycles. The van der Waals surface area contributed by atoms with Crippen molar-refractivity contribution in [2.45, 2.75) is 19.9 Å². The zero-order chi connectivity index (χ0) is 10.1. The Hall–Kier alpha value is -1.55. The van der Waals surface area contributed by atoms with Crippen molar-refractivity contribution in [3.63, 3.8) is 0 Å². The number of nitrogens with two attached hydrogens (primary N) is 1. The quantitative estimate of drug-likeness (QED) is 0.758. The number of hydrogen-bond acceptors (Lipinski definition) is 3. The summed E-state index contributed by atoms with van der Waals surface area (Å²) in [4.78, 5) is 0. The maximum Gasteiger partial charge on any atom is 0.106 e. The third-order valence-corrected chi connectivity index (χ3v) is 2.27. The number of H-pyrrole nitrogens is 1. The second kappa shape index (κ2) is 3.31. The fraction of sp³-hybridized carbons (Fsp3) is 0.300. The van der Waals surface area contributed by atoms with E-state index in [9.17, 15) is 0 Å². The maximum absolute atomic E-state index is 6.04. The lowest BCUT2D eigenvalue weighted by Crippen LogP contribution is -2.12. The molecule has 0 aliphatic heterocycles. The van der Waals surface area contributed by atoms with Crippen LogP contribution in [0, 0.1) is 13.8 Å². The van der Waals surface area contributed by atoms with Gasteiger partial charge in [-0.15, -0.1) is 0 Å². The molecule has 0 fully saturated rings. The monoisotopic (exact) mass is 191 g/mol. The van der Waals surface area contributed by atoms with E-state index in [1.54, 1.807) is 6.20 Å². The summed E-state index contributed by atoms with van der Waals surface area (Å²) in [5.74, 6) is 1.75. The number of hydrogen-bond donors (Lipinski definition) is 2. The largest absolute Gasteiger partial charge is 0.466 e. The minimum absolute atomic E-state index is 0.185. The van der Waals surface area contributed by atoms with Gasteiger partial charge < -0.3 is 10.2 Å². The molecule has 0 aliphatic rings. The third-order valence-electron chi connectivity index (χ3n) is 2.27. The summed E-state index contributed by atoms with van der Waals surface area (Å²) >= 11 is 0. The Morgan fingerprint density at radius 2 is 2.29 bits per heavy atom. The number of furan rings is 1. The first-order valence-electron chi connectivity index (χ1n) is 4.50. The molecule has 0 saturated carbocycles. The standard InChI is InChI=1S/C10H13N3O/c1-6-5-8(7(2)14-6)10(11)9-3-4-12-13-9/h3-5,10H,11H2,1-2H3,(H,12,13). The summed E-state index contributed by atoms with van der Waals surface area (Å²) in [6.07, 6.45) is 1.69. The van der Waals surface area contributed by atoms with Crippen LogP contribution in [0.4, 0.5) is 0 Å². The van der Waals surface area contributed by atoms with E-state index in [2.05, 4.69) is 10.2 Å². The predicted molar refractivity (Wildman–Crippen MR) is 52.8 cm³/mol. The molecule has 2 rings (SSSR count). The van der Waals surface area contributed by atoms with Gasteiger partial charge in [0.25, 0.3) is 0 Å². The Morgan fingerprint density at radius 3 is 2.79 bits per heavy atom. The first-order chi connectivity index (χ1) is 6.68. The highest BCUT2D eigenvalue weighted by atomic mass is 16.3. The van der Waals surface area contributed by atoms with Gasteiger partial charge >= 0.3 is 0 Å². The lowest BCUT2D eigenvalue weighted by Gasteiger charge is -2.07. The lowest BCUT2D eigenvalue weighted by atomic mass is 10.1. The van der Waals surface area contributed by atoms with E-state index in [0.29, 0.717) is 0 Å². The van der Waals surface area contributed by atoms with Crippen LogP contribution >= 0.6 is 0 Å². The average Bonchev–Trinajstić information content (AvgIpc) is 2.73. The molecule has 0 spiro atoms. The summed E-state index contributed by atoms with van der Waals surface area (Å²) in [6.45, 7) is 3.83. The van der Waals surface area contributed by atoms with Crippen LogP contribution in [0.3, 0.4) is 0 Å². The highest BCUT2D eigenvalue weighted by Gasteiger charge is 2.15. The highest BCUT2D eigenvalue weighted by Crippen LogP contribution is 2.23. The fourth-order valence-electron chi connectivity index (χ4n) is 1.57. The van der Waals surface area contributed by atoms with E-state index in [-0.39, 0.29) is 6.04 Å². The van der Waals surface area contributed by atoms with Gasteiger partial charge in [-0.3, -0.25) is 5.10 Å². The molecule has 4 nitrogen and oxygen atoms in total.